The first-order valence-electron chi connectivity index (χ1n) is 8.51. The van der Waals surface area contributed by atoms with Gasteiger partial charge in [0.1, 0.15) is 13.2 Å². The highest BCUT2D eigenvalue weighted by Crippen LogP contribution is 2.38. The number of nitrogens with zero attached hydrogens (tertiary/aromatic N) is 1. The van der Waals surface area contributed by atoms with Gasteiger partial charge in [-0.2, -0.15) is 0 Å². The van der Waals surface area contributed by atoms with Crippen LogP contribution in [0.5, 0.6) is 11.5 Å². The fraction of sp³-hybridized carbons (Fsp3) is 0.368. The molecule has 1 saturated carbocycles. The molecular formula is C19H20N2O4. The quantitative estimate of drug-likeness (QED) is 0.891. The van der Waals surface area contributed by atoms with Gasteiger partial charge in [0, 0.05) is 6.20 Å². The summed E-state index contributed by atoms with van der Waals surface area (Å²) in [6.45, 7) is 0.907. The monoisotopic (exact) mass is 340 g/mol. The van der Waals surface area contributed by atoms with Crippen LogP contribution in [0.4, 0.5) is 0 Å². The van der Waals surface area contributed by atoms with Gasteiger partial charge in [-0.3, -0.25) is 9.78 Å². The van der Waals surface area contributed by atoms with Crippen molar-refractivity contribution in [2.45, 2.75) is 25.0 Å². The Morgan fingerprint density at radius 3 is 2.76 bits per heavy atom. The Kier molecular flexibility index (Phi) is 4.28. The fourth-order valence-corrected chi connectivity index (χ4v) is 3.37. The molecule has 1 unspecified atom stereocenters. The number of aliphatic hydroxyl groups is 1. The second-order valence-corrected chi connectivity index (χ2v) is 6.42. The van der Waals surface area contributed by atoms with E-state index in [0.717, 1.165) is 5.69 Å². The molecule has 6 nitrogen and oxygen atoms in total. The van der Waals surface area contributed by atoms with E-state index in [4.69, 9.17) is 9.47 Å². The van der Waals surface area contributed by atoms with Crippen LogP contribution in [0.3, 0.4) is 0 Å². The molecule has 0 spiro atoms. The number of carbonyl (C=O) groups is 1. The van der Waals surface area contributed by atoms with Crippen LogP contribution in [0.2, 0.25) is 0 Å². The van der Waals surface area contributed by atoms with Crippen LogP contribution in [0.1, 0.15) is 34.9 Å². The molecule has 0 saturated heterocycles. The lowest BCUT2D eigenvalue weighted by atomic mass is 9.76. The number of para-hydroxylation sites is 1. The van der Waals surface area contributed by atoms with Crippen LogP contribution in [-0.4, -0.2) is 35.3 Å². The molecule has 2 aromatic rings. The number of aliphatic hydroxyl groups excluding tert-OH is 1. The average Bonchev–Trinajstić information content (AvgIpc) is 2.64. The lowest BCUT2D eigenvalue weighted by Crippen LogP contribution is -2.42. The Balaban J connectivity index is 1.59. The first-order chi connectivity index (χ1) is 12.2. The third-order valence-corrected chi connectivity index (χ3v) is 4.72. The van der Waals surface area contributed by atoms with Crippen LogP contribution in [0.15, 0.2) is 42.6 Å². The number of carbonyl (C=O) groups excluding carboxylic acids is 1. The van der Waals surface area contributed by atoms with Crippen molar-refractivity contribution in [3.8, 4) is 11.5 Å². The fourth-order valence-electron chi connectivity index (χ4n) is 3.37. The zero-order valence-electron chi connectivity index (χ0n) is 13.7. The van der Waals surface area contributed by atoms with Gasteiger partial charge in [-0.15, -0.1) is 0 Å². The van der Waals surface area contributed by atoms with Crippen LogP contribution in [-0.2, 0) is 0 Å². The molecule has 1 amide bonds. The lowest BCUT2D eigenvalue weighted by Gasteiger charge is -2.37. The number of benzene rings is 1. The van der Waals surface area contributed by atoms with Crippen LogP contribution in [0, 0.1) is 5.92 Å². The summed E-state index contributed by atoms with van der Waals surface area (Å²) in [5.41, 5.74) is 1.26. The van der Waals surface area contributed by atoms with Gasteiger partial charge in [-0.05, 0) is 43.0 Å². The molecule has 4 rings (SSSR count). The van der Waals surface area contributed by atoms with Crippen LogP contribution >= 0.6 is 0 Å². The molecule has 2 N–H and O–H groups in total. The van der Waals surface area contributed by atoms with Crippen molar-refractivity contribution in [2.75, 3.05) is 13.2 Å². The molecule has 1 aliphatic heterocycles. The predicted octanol–water partition coefficient (Wildman–Crippen LogP) is 2.09. The molecule has 0 radical (unpaired) electrons. The maximum Gasteiger partial charge on any atom is 0.255 e. The number of ether oxygens (including phenoxy) is 2. The number of hydrogen-bond donors (Lipinski definition) is 2. The zero-order valence-corrected chi connectivity index (χ0v) is 13.7. The minimum Gasteiger partial charge on any atom is -0.486 e. The Morgan fingerprint density at radius 2 is 2.00 bits per heavy atom. The van der Waals surface area contributed by atoms with Crippen molar-refractivity contribution in [3.05, 3.63) is 53.9 Å². The second kappa shape index (κ2) is 6.72. The summed E-state index contributed by atoms with van der Waals surface area (Å²) in [6.07, 6.45) is 2.74. The Morgan fingerprint density at radius 1 is 1.16 bits per heavy atom. The summed E-state index contributed by atoms with van der Waals surface area (Å²) in [5.74, 6) is 1.02. The largest absolute Gasteiger partial charge is 0.486 e. The Labute approximate surface area is 145 Å². The molecule has 1 aliphatic carbocycles. The van der Waals surface area contributed by atoms with Gasteiger partial charge in [-0.25, -0.2) is 0 Å². The zero-order chi connectivity index (χ0) is 17.2. The lowest BCUT2D eigenvalue weighted by molar-refractivity contribution is 0.0227. The first-order valence-corrected chi connectivity index (χ1v) is 8.51. The van der Waals surface area contributed by atoms with Gasteiger partial charge in [0.25, 0.3) is 5.91 Å². The summed E-state index contributed by atoms with van der Waals surface area (Å²) in [5, 5.41) is 12.7. The van der Waals surface area contributed by atoms with Gasteiger partial charge >= 0.3 is 0 Å². The standard InChI is InChI=1S/C19H20N2O4/c22-13-10-12(11-13)17(15-5-1-2-7-20-15)21-19(23)14-4-3-6-16-18(14)25-9-8-24-16/h1-7,12-13,17,22H,8-11H2,(H,21,23). The maximum atomic E-state index is 12.9. The van der Waals surface area contributed by atoms with E-state index in [-0.39, 0.29) is 24.0 Å². The van der Waals surface area contributed by atoms with E-state index in [1.165, 1.54) is 0 Å². The topological polar surface area (TPSA) is 80.7 Å². The summed E-state index contributed by atoms with van der Waals surface area (Å²) in [4.78, 5) is 17.3. The molecule has 130 valence electrons. The van der Waals surface area contributed by atoms with Crippen molar-refractivity contribution < 1.29 is 19.4 Å². The number of nitrogens with one attached hydrogen (secondary N) is 1. The van der Waals surface area contributed by atoms with Crippen molar-refractivity contribution in [1.29, 1.82) is 0 Å². The highest BCUT2D eigenvalue weighted by atomic mass is 16.6. The molecule has 0 bridgehead atoms. The number of aromatic nitrogens is 1. The molecule has 1 atom stereocenters. The average molecular weight is 340 g/mol. The van der Waals surface area contributed by atoms with Gasteiger partial charge in [0.05, 0.1) is 23.4 Å². The van der Waals surface area contributed by atoms with Gasteiger partial charge in [0.15, 0.2) is 11.5 Å². The van der Waals surface area contributed by atoms with E-state index in [2.05, 4.69) is 10.3 Å². The van der Waals surface area contributed by atoms with Crippen LogP contribution in [0.25, 0.3) is 0 Å². The first kappa shape index (κ1) is 15.9. The van der Waals surface area contributed by atoms with Crippen molar-refractivity contribution >= 4 is 5.91 Å². The van der Waals surface area contributed by atoms with E-state index in [1.807, 2.05) is 18.2 Å². The second-order valence-electron chi connectivity index (χ2n) is 6.42. The molecule has 2 heterocycles. The van der Waals surface area contributed by atoms with E-state index >= 15 is 0 Å². The summed E-state index contributed by atoms with van der Waals surface area (Å²) >= 11 is 0. The minimum atomic E-state index is -0.297. The summed E-state index contributed by atoms with van der Waals surface area (Å²) < 4.78 is 11.2. The predicted molar refractivity (Wildman–Crippen MR) is 90.6 cm³/mol. The third-order valence-electron chi connectivity index (χ3n) is 4.72. The minimum absolute atomic E-state index is 0.172. The van der Waals surface area contributed by atoms with E-state index < -0.39 is 0 Å². The van der Waals surface area contributed by atoms with Gasteiger partial charge < -0.3 is 19.9 Å². The summed E-state index contributed by atoms with van der Waals surface area (Å²) in [7, 11) is 0. The third kappa shape index (κ3) is 3.17. The highest BCUT2D eigenvalue weighted by molar-refractivity contribution is 5.98. The molecule has 6 heteroatoms. The van der Waals surface area contributed by atoms with Crippen molar-refractivity contribution in [2.24, 2.45) is 5.92 Å². The number of fused-ring (bicyclic) bond motifs is 1. The molecule has 1 aromatic heterocycles. The van der Waals surface area contributed by atoms with Gasteiger partial charge in [0.2, 0.25) is 0 Å². The number of hydrogen-bond acceptors (Lipinski definition) is 5. The van der Waals surface area contributed by atoms with E-state index in [9.17, 15) is 9.90 Å². The molecule has 1 aromatic carbocycles. The molecule has 1 fully saturated rings. The summed E-state index contributed by atoms with van der Waals surface area (Å²) in [6, 6.07) is 10.7. The smallest absolute Gasteiger partial charge is 0.255 e. The number of rotatable bonds is 4. The molecule has 2 aliphatic rings. The molecule has 25 heavy (non-hydrogen) atoms. The SMILES string of the molecule is O=C(NC(c1ccccn1)C1CC(O)C1)c1cccc2c1OCCO2. The van der Waals surface area contributed by atoms with E-state index in [1.54, 1.807) is 24.4 Å². The van der Waals surface area contributed by atoms with Crippen molar-refractivity contribution in [1.82, 2.24) is 10.3 Å². The van der Waals surface area contributed by atoms with E-state index in [0.29, 0.717) is 43.1 Å². The van der Waals surface area contributed by atoms with Gasteiger partial charge in [-0.1, -0.05) is 12.1 Å². The molecular weight excluding hydrogens is 320 g/mol. The normalized spacial score (nSPS) is 22.6. The van der Waals surface area contributed by atoms with Crippen LogP contribution < -0.4 is 14.8 Å². The Hall–Kier alpha value is -2.60. The maximum absolute atomic E-state index is 12.9. The highest BCUT2D eigenvalue weighted by Gasteiger charge is 2.37. The number of pyridine rings is 1. The van der Waals surface area contributed by atoms with Crippen molar-refractivity contribution in [3.63, 3.8) is 0 Å². The Bertz CT molecular complexity index is 759. The number of amides is 1.